The highest BCUT2D eigenvalue weighted by Crippen LogP contribution is 2.32. The molecule has 1 aromatic carbocycles. The van der Waals surface area contributed by atoms with Crippen LogP contribution in [0.1, 0.15) is 16.2 Å². The van der Waals surface area contributed by atoms with E-state index in [9.17, 15) is 9.59 Å². The Morgan fingerprint density at radius 3 is 2.53 bits per heavy atom. The second-order valence-electron chi connectivity index (χ2n) is 8.57. The van der Waals surface area contributed by atoms with Crippen molar-refractivity contribution in [3.63, 3.8) is 0 Å². The van der Waals surface area contributed by atoms with Crippen LogP contribution in [-0.4, -0.2) is 66.7 Å². The van der Waals surface area contributed by atoms with Crippen LogP contribution in [0.3, 0.4) is 0 Å². The number of anilines is 1. The third kappa shape index (κ3) is 3.80. The van der Waals surface area contributed by atoms with Crippen molar-refractivity contribution in [2.24, 2.45) is 5.16 Å². The molecule has 0 aliphatic carbocycles. The number of benzene rings is 1. The lowest BCUT2D eigenvalue weighted by Crippen LogP contribution is -2.49. The second-order valence-corrected chi connectivity index (χ2v) is 9.80. The second kappa shape index (κ2) is 9.27. The first-order valence-electron chi connectivity index (χ1n) is 11.5. The number of hydrogen-bond donors (Lipinski definition) is 0. The van der Waals surface area contributed by atoms with E-state index in [0.29, 0.717) is 37.0 Å². The molecule has 1 fully saturated rings. The van der Waals surface area contributed by atoms with Gasteiger partial charge in [0.05, 0.1) is 28.6 Å². The molecule has 0 bridgehead atoms. The molecule has 0 N–H and O–H groups in total. The van der Waals surface area contributed by atoms with Gasteiger partial charge in [0.1, 0.15) is 18.6 Å². The Bertz CT molecular complexity index is 1360. The molecule has 2 aliphatic rings. The molecule has 1 saturated heterocycles. The molecular formula is C24H29N5O4S. The van der Waals surface area contributed by atoms with E-state index in [1.165, 1.54) is 23.0 Å². The van der Waals surface area contributed by atoms with E-state index >= 15 is 0 Å². The van der Waals surface area contributed by atoms with Gasteiger partial charge in [-0.15, -0.1) is 11.3 Å². The van der Waals surface area contributed by atoms with Gasteiger partial charge in [-0.25, -0.2) is 4.79 Å². The van der Waals surface area contributed by atoms with Gasteiger partial charge in [-0.2, -0.15) is 0 Å². The molecule has 34 heavy (non-hydrogen) atoms. The van der Waals surface area contributed by atoms with Crippen LogP contribution < -0.4 is 20.9 Å². The van der Waals surface area contributed by atoms with E-state index in [0.717, 1.165) is 53.1 Å². The summed E-state index contributed by atoms with van der Waals surface area (Å²) in [4.78, 5) is 38.1. The summed E-state index contributed by atoms with van der Waals surface area (Å²) in [5.41, 5.74) is 2.17. The summed E-state index contributed by atoms with van der Waals surface area (Å²) >= 11 is 1.51. The quantitative estimate of drug-likeness (QED) is 0.500. The lowest BCUT2D eigenvalue weighted by Gasteiger charge is -2.36. The summed E-state index contributed by atoms with van der Waals surface area (Å²) in [6, 6.07) is 8.05. The predicted octanol–water partition coefficient (Wildman–Crippen LogP) is 2.12. The predicted molar refractivity (Wildman–Crippen MR) is 135 cm³/mol. The van der Waals surface area contributed by atoms with Crippen molar-refractivity contribution < 1.29 is 9.57 Å². The topological polar surface area (TPSA) is 81.3 Å². The number of oxime groups is 1. The summed E-state index contributed by atoms with van der Waals surface area (Å²) in [5, 5.41) is 4.75. The molecule has 0 spiro atoms. The van der Waals surface area contributed by atoms with Crippen LogP contribution in [-0.2, 0) is 17.9 Å². The molecular weight excluding hydrogens is 454 g/mol. The molecule has 9 nitrogen and oxygen atoms in total. The number of rotatable bonds is 6. The van der Waals surface area contributed by atoms with Gasteiger partial charge < -0.3 is 14.5 Å². The lowest BCUT2D eigenvalue weighted by atomic mass is 10.1. The first-order valence-corrected chi connectivity index (χ1v) is 12.3. The fourth-order valence-corrected chi connectivity index (χ4v) is 6.14. The van der Waals surface area contributed by atoms with Gasteiger partial charge >= 0.3 is 5.69 Å². The maximum atomic E-state index is 13.4. The normalized spacial score (nSPS) is 17.5. The molecule has 0 saturated carbocycles. The zero-order valence-electron chi connectivity index (χ0n) is 19.7. The lowest BCUT2D eigenvalue weighted by molar-refractivity contribution is 0.212. The number of piperazine rings is 1. The zero-order chi connectivity index (χ0) is 23.8. The van der Waals surface area contributed by atoms with Crippen LogP contribution in [0.5, 0.6) is 5.75 Å². The standard InChI is InChI=1S/C24H29N5O4S/c1-16-20-21-22(34-16)17(25-33-3)8-9-28(21)24(31)29(23(20)30)15-12-26-10-13-27(14-11-26)18-6-4-5-7-19(18)32-2/h4-7H,8-15H2,1-3H3/b25-17+. The Labute approximate surface area is 201 Å². The molecule has 5 rings (SSSR count). The average Bonchev–Trinajstić information content (AvgIpc) is 3.21. The number of aromatic nitrogens is 2. The van der Waals surface area contributed by atoms with E-state index in [4.69, 9.17) is 9.57 Å². The number of thiophene rings is 1. The maximum Gasteiger partial charge on any atom is 0.331 e. The summed E-state index contributed by atoms with van der Waals surface area (Å²) in [6.45, 7) is 6.94. The Morgan fingerprint density at radius 2 is 1.79 bits per heavy atom. The highest BCUT2D eigenvalue weighted by molar-refractivity contribution is 7.15. The number of methoxy groups -OCH3 is 1. The van der Waals surface area contributed by atoms with Crippen molar-refractivity contribution in [3.8, 4) is 5.75 Å². The summed E-state index contributed by atoms with van der Waals surface area (Å²) in [7, 11) is 3.21. The van der Waals surface area contributed by atoms with Crippen molar-refractivity contribution >= 4 is 33.6 Å². The Morgan fingerprint density at radius 1 is 1.03 bits per heavy atom. The number of ether oxygens (including phenoxy) is 1. The molecule has 0 atom stereocenters. The SMILES string of the molecule is CO/N=C1\CCn2c(=O)n(CCN3CCN(c4ccccc4OC)CC3)c(=O)c3c(C)sc1c32. The zero-order valence-corrected chi connectivity index (χ0v) is 20.6. The Hall–Kier alpha value is -3.11. The van der Waals surface area contributed by atoms with Gasteiger partial charge in [0.25, 0.3) is 5.56 Å². The summed E-state index contributed by atoms with van der Waals surface area (Å²) in [6.07, 6.45) is 0.610. The Balaban J connectivity index is 1.35. The average molecular weight is 484 g/mol. The van der Waals surface area contributed by atoms with Crippen molar-refractivity contribution in [1.82, 2.24) is 14.0 Å². The molecule has 2 aliphatic heterocycles. The molecule has 10 heteroatoms. The van der Waals surface area contributed by atoms with Gasteiger partial charge in [0.2, 0.25) is 0 Å². The first kappa shape index (κ1) is 22.7. The minimum atomic E-state index is -0.235. The van der Waals surface area contributed by atoms with Crippen LogP contribution in [0, 0.1) is 6.92 Å². The number of aryl methyl sites for hydroxylation is 2. The molecule has 0 radical (unpaired) electrons. The van der Waals surface area contributed by atoms with Gasteiger partial charge in [-0.1, -0.05) is 17.3 Å². The molecule has 180 valence electrons. The van der Waals surface area contributed by atoms with Crippen LogP contribution in [0.4, 0.5) is 5.69 Å². The van der Waals surface area contributed by atoms with Crippen molar-refractivity contribution in [1.29, 1.82) is 0 Å². The van der Waals surface area contributed by atoms with Gasteiger partial charge in [0, 0.05) is 57.1 Å². The van der Waals surface area contributed by atoms with Crippen LogP contribution in [0.2, 0.25) is 0 Å². The van der Waals surface area contributed by atoms with E-state index in [1.54, 1.807) is 11.7 Å². The Kier molecular flexibility index (Phi) is 6.18. The highest BCUT2D eigenvalue weighted by Gasteiger charge is 2.27. The summed E-state index contributed by atoms with van der Waals surface area (Å²) in [5.74, 6) is 0.877. The van der Waals surface area contributed by atoms with E-state index in [1.807, 2.05) is 25.1 Å². The van der Waals surface area contributed by atoms with Crippen LogP contribution in [0.25, 0.3) is 10.9 Å². The number of hydrogen-bond acceptors (Lipinski definition) is 8. The molecule has 4 heterocycles. The first-order chi connectivity index (χ1) is 16.5. The smallest absolute Gasteiger partial charge is 0.331 e. The van der Waals surface area contributed by atoms with Gasteiger partial charge in [-0.05, 0) is 19.1 Å². The fraction of sp³-hybridized carbons (Fsp3) is 0.458. The molecule has 0 unspecified atom stereocenters. The van der Waals surface area contributed by atoms with Crippen LogP contribution >= 0.6 is 11.3 Å². The van der Waals surface area contributed by atoms with E-state index < -0.39 is 0 Å². The van der Waals surface area contributed by atoms with Crippen LogP contribution in [0.15, 0.2) is 39.0 Å². The van der Waals surface area contributed by atoms with Gasteiger partial charge in [-0.3, -0.25) is 18.8 Å². The highest BCUT2D eigenvalue weighted by atomic mass is 32.1. The van der Waals surface area contributed by atoms with E-state index in [-0.39, 0.29) is 11.2 Å². The van der Waals surface area contributed by atoms with Gasteiger partial charge in [0.15, 0.2) is 0 Å². The van der Waals surface area contributed by atoms with E-state index in [2.05, 4.69) is 21.0 Å². The minimum absolute atomic E-state index is 0.206. The molecule has 2 aromatic heterocycles. The molecule has 0 amide bonds. The minimum Gasteiger partial charge on any atom is -0.495 e. The van der Waals surface area contributed by atoms with Crippen molar-refractivity contribution in [2.45, 2.75) is 26.4 Å². The maximum absolute atomic E-state index is 13.4. The number of para-hydroxylation sites is 2. The number of nitrogens with zero attached hydrogens (tertiary/aromatic N) is 5. The monoisotopic (exact) mass is 483 g/mol. The summed E-state index contributed by atoms with van der Waals surface area (Å²) < 4.78 is 8.66. The fourth-order valence-electron chi connectivity index (χ4n) is 4.98. The third-order valence-corrected chi connectivity index (χ3v) is 7.87. The molecule has 3 aromatic rings. The third-order valence-electron chi connectivity index (χ3n) is 6.72. The van der Waals surface area contributed by atoms with Crippen molar-refractivity contribution in [2.75, 3.05) is 51.8 Å². The largest absolute Gasteiger partial charge is 0.495 e. The van der Waals surface area contributed by atoms with Crippen molar-refractivity contribution in [3.05, 3.63) is 54.9 Å².